The molecular formula is C22H31N5O2S. The second kappa shape index (κ2) is 10.6. The highest BCUT2D eigenvalue weighted by Crippen LogP contribution is 2.22. The topological polar surface area (TPSA) is 88.9 Å². The Morgan fingerprint density at radius 1 is 1.20 bits per heavy atom. The Morgan fingerprint density at radius 3 is 2.63 bits per heavy atom. The Bertz CT molecular complexity index is 876. The summed E-state index contributed by atoms with van der Waals surface area (Å²) in [6, 6.07) is 7.51. The molecule has 1 aliphatic rings. The van der Waals surface area contributed by atoms with Gasteiger partial charge in [0.1, 0.15) is 0 Å². The molecule has 2 N–H and O–H groups in total. The van der Waals surface area contributed by atoms with Crippen LogP contribution in [0.1, 0.15) is 73.7 Å². The molecule has 1 aliphatic carbocycles. The third kappa shape index (κ3) is 5.62. The van der Waals surface area contributed by atoms with E-state index in [9.17, 15) is 9.59 Å². The number of hydrogen-bond donors (Lipinski definition) is 2. The van der Waals surface area contributed by atoms with E-state index in [1.807, 2.05) is 49.6 Å². The van der Waals surface area contributed by atoms with E-state index in [0.29, 0.717) is 34.9 Å². The van der Waals surface area contributed by atoms with Crippen LogP contribution in [0, 0.1) is 6.92 Å². The van der Waals surface area contributed by atoms with Gasteiger partial charge < -0.3 is 15.2 Å². The van der Waals surface area contributed by atoms with Crippen molar-refractivity contribution in [3.05, 3.63) is 41.2 Å². The molecule has 0 saturated heterocycles. The van der Waals surface area contributed by atoms with Gasteiger partial charge in [-0.15, -0.1) is 10.2 Å². The van der Waals surface area contributed by atoms with E-state index in [-0.39, 0.29) is 17.9 Å². The van der Waals surface area contributed by atoms with Gasteiger partial charge in [-0.25, -0.2) is 0 Å². The summed E-state index contributed by atoms with van der Waals surface area (Å²) in [5.74, 6) is 0.917. The molecule has 0 bridgehead atoms. The summed E-state index contributed by atoms with van der Waals surface area (Å²) in [5, 5.41) is 15.4. The minimum absolute atomic E-state index is 0.0417. The summed E-state index contributed by atoms with van der Waals surface area (Å²) in [5.41, 5.74) is 1.58. The maximum atomic E-state index is 12.6. The maximum absolute atomic E-state index is 12.6. The highest BCUT2D eigenvalue weighted by molar-refractivity contribution is 7.99. The lowest BCUT2D eigenvalue weighted by Gasteiger charge is -2.22. The molecule has 3 rings (SSSR count). The van der Waals surface area contributed by atoms with Crippen molar-refractivity contribution in [2.45, 2.75) is 76.7 Å². The van der Waals surface area contributed by atoms with E-state index in [1.54, 1.807) is 0 Å². The van der Waals surface area contributed by atoms with Crippen molar-refractivity contribution >= 4 is 23.6 Å². The quantitative estimate of drug-likeness (QED) is 0.626. The van der Waals surface area contributed by atoms with Crippen LogP contribution in [0.25, 0.3) is 0 Å². The van der Waals surface area contributed by atoms with Crippen LogP contribution in [0.3, 0.4) is 0 Å². The number of carbonyl (C=O) groups excluding carboxylic acids is 2. The first-order valence-electron chi connectivity index (χ1n) is 10.7. The second-order valence-corrected chi connectivity index (χ2v) is 8.73. The van der Waals surface area contributed by atoms with Gasteiger partial charge in [-0.2, -0.15) is 0 Å². The van der Waals surface area contributed by atoms with Gasteiger partial charge in [-0.3, -0.25) is 9.59 Å². The molecule has 0 radical (unpaired) electrons. The minimum Gasteiger partial charge on any atom is -0.353 e. The van der Waals surface area contributed by atoms with Crippen LogP contribution in [0.15, 0.2) is 29.4 Å². The Balaban J connectivity index is 1.59. The summed E-state index contributed by atoms with van der Waals surface area (Å²) in [6.45, 7) is 6.49. The standard InChI is InChI=1S/C22H31N5O2S/c1-4-27-20(16(3)23-21(29)18-13-9-8-10-15(18)2)25-26-22(27)30-14-19(28)24-17-11-6-5-7-12-17/h8-10,13,16-17H,4-7,11-12,14H2,1-3H3,(H,23,29)(H,24,28). The summed E-state index contributed by atoms with van der Waals surface area (Å²) in [4.78, 5) is 24.9. The molecule has 7 nitrogen and oxygen atoms in total. The predicted molar refractivity (Wildman–Crippen MR) is 118 cm³/mol. The molecule has 162 valence electrons. The lowest BCUT2D eigenvalue weighted by atomic mass is 9.95. The fraction of sp³-hybridized carbons (Fsp3) is 0.545. The Kier molecular flexibility index (Phi) is 7.90. The van der Waals surface area contributed by atoms with Crippen molar-refractivity contribution in [1.29, 1.82) is 0 Å². The van der Waals surface area contributed by atoms with Gasteiger partial charge in [0.05, 0.1) is 11.8 Å². The van der Waals surface area contributed by atoms with Crippen LogP contribution in [0.4, 0.5) is 0 Å². The first kappa shape index (κ1) is 22.3. The van der Waals surface area contributed by atoms with Gasteiger partial charge in [-0.1, -0.05) is 49.2 Å². The Labute approximate surface area is 182 Å². The zero-order valence-corrected chi connectivity index (χ0v) is 18.8. The van der Waals surface area contributed by atoms with Crippen molar-refractivity contribution in [3.63, 3.8) is 0 Å². The molecule has 1 unspecified atom stereocenters. The lowest BCUT2D eigenvalue weighted by molar-refractivity contribution is -0.119. The highest BCUT2D eigenvalue weighted by Gasteiger charge is 2.21. The molecule has 8 heteroatoms. The van der Waals surface area contributed by atoms with Crippen LogP contribution in [-0.2, 0) is 11.3 Å². The number of aromatic nitrogens is 3. The molecule has 1 atom stereocenters. The van der Waals surface area contributed by atoms with Crippen molar-refractivity contribution in [2.24, 2.45) is 0 Å². The summed E-state index contributed by atoms with van der Waals surface area (Å²) < 4.78 is 1.96. The van der Waals surface area contributed by atoms with Crippen LogP contribution >= 0.6 is 11.8 Å². The third-order valence-corrected chi connectivity index (χ3v) is 6.46. The number of thioether (sulfide) groups is 1. The first-order valence-corrected chi connectivity index (χ1v) is 11.7. The van der Waals surface area contributed by atoms with Crippen molar-refractivity contribution < 1.29 is 9.59 Å². The van der Waals surface area contributed by atoms with E-state index in [1.165, 1.54) is 31.0 Å². The van der Waals surface area contributed by atoms with Gasteiger partial charge in [0.2, 0.25) is 5.91 Å². The Hall–Kier alpha value is -2.35. The highest BCUT2D eigenvalue weighted by atomic mass is 32.2. The van der Waals surface area contributed by atoms with Crippen LogP contribution < -0.4 is 10.6 Å². The number of aryl methyl sites for hydroxylation is 1. The molecule has 0 aliphatic heterocycles. The molecule has 1 saturated carbocycles. The number of nitrogens with one attached hydrogen (secondary N) is 2. The monoisotopic (exact) mass is 429 g/mol. The average Bonchev–Trinajstić information content (AvgIpc) is 3.16. The van der Waals surface area contributed by atoms with Crippen LogP contribution in [-0.4, -0.2) is 38.4 Å². The largest absolute Gasteiger partial charge is 0.353 e. The number of carbonyl (C=O) groups is 2. The smallest absolute Gasteiger partial charge is 0.252 e. The number of hydrogen-bond acceptors (Lipinski definition) is 5. The molecule has 1 fully saturated rings. The van der Waals surface area contributed by atoms with Crippen molar-refractivity contribution in [1.82, 2.24) is 25.4 Å². The normalized spacial score (nSPS) is 15.6. The average molecular weight is 430 g/mol. The molecule has 2 amide bonds. The number of benzene rings is 1. The molecular weight excluding hydrogens is 398 g/mol. The summed E-state index contributed by atoms with van der Waals surface area (Å²) >= 11 is 1.39. The molecule has 2 aromatic rings. The van der Waals surface area contributed by atoms with E-state index in [0.717, 1.165) is 18.4 Å². The summed E-state index contributed by atoms with van der Waals surface area (Å²) in [6.07, 6.45) is 5.80. The number of rotatable bonds is 8. The molecule has 1 heterocycles. The SMILES string of the molecule is CCn1c(SCC(=O)NC2CCCCC2)nnc1C(C)NC(=O)c1ccccc1C. The van der Waals surface area contributed by atoms with Crippen molar-refractivity contribution in [2.75, 3.05) is 5.75 Å². The van der Waals surface area contributed by atoms with E-state index < -0.39 is 0 Å². The van der Waals surface area contributed by atoms with E-state index >= 15 is 0 Å². The van der Waals surface area contributed by atoms with E-state index in [4.69, 9.17) is 0 Å². The van der Waals surface area contributed by atoms with Crippen LogP contribution in [0.2, 0.25) is 0 Å². The molecule has 1 aromatic carbocycles. The van der Waals surface area contributed by atoms with Crippen molar-refractivity contribution in [3.8, 4) is 0 Å². The van der Waals surface area contributed by atoms with Gasteiger partial charge >= 0.3 is 0 Å². The summed E-state index contributed by atoms with van der Waals surface area (Å²) in [7, 11) is 0. The van der Waals surface area contributed by atoms with Gasteiger partial charge in [0, 0.05) is 18.2 Å². The zero-order chi connectivity index (χ0) is 21.5. The molecule has 30 heavy (non-hydrogen) atoms. The minimum atomic E-state index is -0.296. The number of nitrogens with zero attached hydrogens (tertiary/aromatic N) is 3. The fourth-order valence-electron chi connectivity index (χ4n) is 3.84. The number of amides is 2. The van der Waals surface area contributed by atoms with Gasteiger partial charge in [0.25, 0.3) is 5.91 Å². The van der Waals surface area contributed by atoms with E-state index in [2.05, 4.69) is 20.8 Å². The third-order valence-electron chi connectivity index (χ3n) is 5.49. The lowest BCUT2D eigenvalue weighted by Crippen LogP contribution is -2.37. The van der Waals surface area contributed by atoms with Gasteiger partial charge in [0.15, 0.2) is 11.0 Å². The Morgan fingerprint density at radius 2 is 1.93 bits per heavy atom. The maximum Gasteiger partial charge on any atom is 0.252 e. The predicted octanol–water partition coefficient (Wildman–Crippen LogP) is 3.64. The van der Waals surface area contributed by atoms with Gasteiger partial charge in [-0.05, 0) is 45.2 Å². The molecule has 1 aromatic heterocycles. The first-order chi connectivity index (χ1) is 14.5. The second-order valence-electron chi connectivity index (χ2n) is 7.79. The molecule has 0 spiro atoms. The fourth-order valence-corrected chi connectivity index (χ4v) is 4.66. The van der Waals surface area contributed by atoms with Crippen LogP contribution in [0.5, 0.6) is 0 Å². The zero-order valence-electron chi connectivity index (χ0n) is 18.0.